The number of carbonyl (C=O) groups excluding carboxylic acids is 1. The fourth-order valence-corrected chi connectivity index (χ4v) is 4.19. The van der Waals surface area contributed by atoms with Crippen molar-refractivity contribution < 1.29 is 32.2 Å². The smallest absolute Gasteiger partial charge is 0.419 e. The van der Waals surface area contributed by atoms with E-state index in [-0.39, 0.29) is 23.7 Å². The van der Waals surface area contributed by atoms with E-state index in [1.54, 1.807) is 19.2 Å². The highest BCUT2D eigenvalue weighted by Crippen LogP contribution is 2.37. The maximum absolute atomic E-state index is 12.9. The Bertz CT molecular complexity index is 1230. The molecule has 0 bridgehead atoms. The van der Waals surface area contributed by atoms with Crippen LogP contribution in [0.25, 0.3) is 10.9 Å². The molecule has 1 atom stereocenters. The van der Waals surface area contributed by atoms with Crippen LogP contribution >= 0.6 is 0 Å². The average Bonchev–Trinajstić information content (AvgIpc) is 3.29. The molecule has 37 heavy (non-hydrogen) atoms. The second kappa shape index (κ2) is 11.8. The molecule has 0 aliphatic carbocycles. The van der Waals surface area contributed by atoms with E-state index < -0.39 is 11.7 Å². The summed E-state index contributed by atoms with van der Waals surface area (Å²) >= 11 is 0. The van der Waals surface area contributed by atoms with Gasteiger partial charge in [-0.05, 0) is 44.2 Å². The third-order valence-corrected chi connectivity index (χ3v) is 6.11. The summed E-state index contributed by atoms with van der Waals surface area (Å²) < 4.78 is 55.0. The van der Waals surface area contributed by atoms with Gasteiger partial charge in [0.05, 0.1) is 36.3 Å². The van der Waals surface area contributed by atoms with Gasteiger partial charge in [0.1, 0.15) is 11.9 Å². The highest BCUT2D eigenvalue weighted by Gasteiger charge is 2.35. The second-order valence-electron chi connectivity index (χ2n) is 9.25. The van der Waals surface area contributed by atoms with Crippen molar-refractivity contribution in [3.8, 4) is 11.6 Å². The SMILES string of the molecule is Cc1cc2ncccc2c(OC[C@H]2CNC(=O)C2)n1.Cc1ccc(OC2CCOCC2)c(C(F)(F)F)c1. The van der Waals surface area contributed by atoms with E-state index in [0.717, 1.165) is 22.7 Å². The molecule has 0 saturated carbocycles. The van der Waals surface area contributed by atoms with Gasteiger partial charge in [0, 0.05) is 43.6 Å². The maximum Gasteiger partial charge on any atom is 0.419 e. The summed E-state index contributed by atoms with van der Waals surface area (Å²) in [4.78, 5) is 19.9. The van der Waals surface area contributed by atoms with Crippen LogP contribution in [0.15, 0.2) is 42.6 Å². The Balaban J connectivity index is 0.000000173. The lowest BCUT2D eigenvalue weighted by Crippen LogP contribution is -2.26. The first-order chi connectivity index (χ1) is 17.7. The molecular formula is C27H30F3N3O4. The number of amides is 1. The van der Waals surface area contributed by atoms with Gasteiger partial charge in [-0.2, -0.15) is 13.2 Å². The molecule has 1 aromatic carbocycles. The van der Waals surface area contributed by atoms with Crippen molar-refractivity contribution in [3.05, 3.63) is 59.4 Å². The van der Waals surface area contributed by atoms with Crippen LogP contribution in [0.4, 0.5) is 13.2 Å². The van der Waals surface area contributed by atoms with Crippen molar-refractivity contribution in [3.63, 3.8) is 0 Å². The lowest BCUT2D eigenvalue weighted by atomic mass is 10.1. The van der Waals surface area contributed by atoms with E-state index in [9.17, 15) is 18.0 Å². The largest absolute Gasteiger partial charge is 0.490 e. The van der Waals surface area contributed by atoms with Crippen molar-refractivity contribution in [2.45, 2.75) is 45.4 Å². The Hall–Kier alpha value is -3.40. The maximum atomic E-state index is 12.9. The summed E-state index contributed by atoms with van der Waals surface area (Å²) in [5.41, 5.74) is 1.63. The van der Waals surface area contributed by atoms with E-state index >= 15 is 0 Å². The summed E-state index contributed by atoms with van der Waals surface area (Å²) in [7, 11) is 0. The van der Waals surface area contributed by atoms with Crippen LogP contribution in [0.3, 0.4) is 0 Å². The van der Waals surface area contributed by atoms with E-state index in [1.807, 2.05) is 25.1 Å². The number of fused-ring (bicyclic) bond motifs is 1. The predicted molar refractivity (Wildman–Crippen MR) is 132 cm³/mol. The Morgan fingerprint density at radius 1 is 1.14 bits per heavy atom. The number of aromatic nitrogens is 2. The Morgan fingerprint density at radius 2 is 1.92 bits per heavy atom. The monoisotopic (exact) mass is 517 g/mol. The molecule has 3 aromatic rings. The van der Waals surface area contributed by atoms with Gasteiger partial charge >= 0.3 is 6.18 Å². The molecule has 0 radical (unpaired) electrons. The molecule has 4 heterocycles. The zero-order chi connectivity index (χ0) is 26.4. The van der Waals surface area contributed by atoms with Gasteiger partial charge in [0.2, 0.25) is 11.8 Å². The summed E-state index contributed by atoms with van der Waals surface area (Å²) in [5, 5.41) is 3.71. The molecule has 2 aliphatic rings. The zero-order valence-electron chi connectivity index (χ0n) is 20.8. The first kappa shape index (κ1) is 26.7. The minimum absolute atomic E-state index is 0.0833. The van der Waals surface area contributed by atoms with Gasteiger partial charge < -0.3 is 19.5 Å². The molecule has 2 fully saturated rings. The number of pyridine rings is 2. The fourth-order valence-electron chi connectivity index (χ4n) is 4.19. The third-order valence-electron chi connectivity index (χ3n) is 6.11. The number of ether oxygens (including phenoxy) is 3. The number of halogens is 3. The van der Waals surface area contributed by atoms with Crippen LogP contribution in [0, 0.1) is 19.8 Å². The summed E-state index contributed by atoms with van der Waals surface area (Å²) in [6.07, 6.45) is -1.03. The highest BCUT2D eigenvalue weighted by molar-refractivity contribution is 5.83. The normalized spacial score (nSPS) is 18.2. The van der Waals surface area contributed by atoms with Gasteiger partial charge in [-0.15, -0.1) is 0 Å². The highest BCUT2D eigenvalue weighted by atomic mass is 19.4. The molecule has 1 N–H and O–H groups in total. The zero-order valence-corrected chi connectivity index (χ0v) is 20.8. The number of nitrogens with zero attached hydrogens (tertiary/aromatic N) is 2. The Kier molecular flexibility index (Phi) is 8.48. The molecule has 2 aromatic heterocycles. The topological polar surface area (TPSA) is 82.6 Å². The van der Waals surface area contributed by atoms with Gasteiger partial charge in [-0.1, -0.05) is 11.6 Å². The van der Waals surface area contributed by atoms with Crippen LogP contribution in [-0.2, 0) is 15.7 Å². The molecule has 10 heteroatoms. The molecule has 2 aliphatic heterocycles. The van der Waals surface area contributed by atoms with E-state index in [0.29, 0.717) is 57.1 Å². The van der Waals surface area contributed by atoms with Crippen molar-refractivity contribution in [1.29, 1.82) is 0 Å². The summed E-state index contributed by atoms with van der Waals surface area (Å²) in [5.74, 6) is 0.835. The first-order valence-electron chi connectivity index (χ1n) is 12.2. The molecular weight excluding hydrogens is 487 g/mol. The predicted octanol–water partition coefficient (Wildman–Crippen LogP) is 5.02. The molecule has 5 rings (SSSR count). The van der Waals surface area contributed by atoms with E-state index in [4.69, 9.17) is 14.2 Å². The molecule has 2 saturated heterocycles. The number of hydrogen-bond donors (Lipinski definition) is 1. The lowest BCUT2D eigenvalue weighted by molar-refractivity contribution is -0.139. The Labute approximate surface area is 213 Å². The van der Waals surface area contributed by atoms with Crippen molar-refractivity contribution >= 4 is 16.8 Å². The van der Waals surface area contributed by atoms with Crippen molar-refractivity contribution in [2.75, 3.05) is 26.4 Å². The van der Waals surface area contributed by atoms with Crippen LogP contribution < -0.4 is 14.8 Å². The standard InChI is InChI=1S/C14H15N3O2.C13H15F3O2/c1-9-5-12-11(3-2-4-15-12)14(17-9)19-8-10-6-13(18)16-7-10;1-9-2-3-12(11(8-9)13(14,15)16)18-10-4-6-17-7-5-10/h2-5,10H,6-8H2,1H3,(H,16,18);2-3,8,10H,4-7H2,1H3/t10-;/m1./s1. The molecule has 198 valence electrons. The fraction of sp³-hybridized carbons (Fsp3) is 0.444. The van der Waals surface area contributed by atoms with E-state index in [1.165, 1.54) is 6.07 Å². The van der Waals surface area contributed by atoms with Gasteiger partial charge in [0.15, 0.2) is 0 Å². The first-order valence-corrected chi connectivity index (χ1v) is 12.2. The number of alkyl halides is 3. The lowest BCUT2D eigenvalue weighted by Gasteiger charge is -2.25. The van der Waals surface area contributed by atoms with Crippen LogP contribution in [0.1, 0.15) is 36.1 Å². The number of benzene rings is 1. The summed E-state index contributed by atoms with van der Waals surface area (Å²) in [6.45, 7) is 5.81. The quantitative estimate of drug-likeness (QED) is 0.512. The number of nitrogens with one attached hydrogen (secondary N) is 1. The molecule has 7 nitrogen and oxygen atoms in total. The van der Waals surface area contributed by atoms with Crippen LogP contribution in [0.2, 0.25) is 0 Å². The number of aryl methyl sites for hydroxylation is 2. The van der Waals surface area contributed by atoms with Crippen molar-refractivity contribution in [1.82, 2.24) is 15.3 Å². The minimum Gasteiger partial charge on any atom is -0.490 e. The molecule has 0 unspecified atom stereocenters. The number of hydrogen-bond acceptors (Lipinski definition) is 6. The van der Waals surface area contributed by atoms with Gasteiger partial charge in [0.25, 0.3) is 0 Å². The van der Waals surface area contributed by atoms with E-state index in [2.05, 4.69) is 15.3 Å². The van der Waals surface area contributed by atoms with Crippen LogP contribution in [0.5, 0.6) is 11.6 Å². The second-order valence-corrected chi connectivity index (χ2v) is 9.25. The van der Waals surface area contributed by atoms with Crippen LogP contribution in [-0.4, -0.2) is 48.3 Å². The third kappa shape index (κ3) is 7.31. The van der Waals surface area contributed by atoms with Gasteiger partial charge in [-0.3, -0.25) is 9.78 Å². The number of rotatable bonds is 5. The average molecular weight is 518 g/mol. The molecule has 0 spiro atoms. The summed E-state index contributed by atoms with van der Waals surface area (Å²) in [6, 6.07) is 9.89. The molecule has 1 amide bonds. The van der Waals surface area contributed by atoms with Crippen molar-refractivity contribution in [2.24, 2.45) is 5.92 Å². The van der Waals surface area contributed by atoms with Gasteiger partial charge in [-0.25, -0.2) is 4.98 Å². The minimum atomic E-state index is -4.38. The number of carbonyl (C=O) groups is 1. The Morgan fingerprint density at radius 3 is 2.62 bits per heavy atom.